The molecular formula is C21H26FN5O2. The van der Waals surface area contributed by atoms with Crippen LogP contribution in [0.5, 0.6) is 0 Å². The maximum absolute atomic E-state index is 13.8. The third kappa shape index (κ3) is 3.89. The molecule has 7 nitrogen and oxygen atoms in total. The summed E-state index contributed by atoms with van der Waals surface area (Å²) in [7, 11) is 1.87. The number of hydrogen-bond donors (Lipinski definition) is 1. The van der Waals surface area contributed by atoms with E-state index in [2.05, 4.69) is 10.4 Å². The van der Waals surface area contributed by atoms with Gasteiger partial charge in [0.25, 0.3) is 5.91 Å². The molecule has 2 saturated heterocycles. The zero-order valence-corrected chi connectivity index (χ0v) is 16.8. The number of nitrogens with one attached hydrogen (secondary N) is 1. The quantitative estimate of drug-likeness (QED) is 0.841. The predicted octanol–water partition coefficient (Wildman–Crippen LogP) is 1.16. The minimum atomic E-state index is -0.375. The van der Waals surface area contributed by atoms with Gasteiger partial charge in [0, 0.05) is 64.0 Å². The number of nitrogens with zero attached hydrogens (tertiary/aromatic N) is 4. The highest BCUT2D eigenvalue weighted by Gasteiger charge is 2.38. The first-order valence-electron chi connectivity index (χ1n) is 9.97. The lowest BCUT2D eigenvalue weighted by Crippen LogP contribution is -2.52. The Hall–Kier alpha value is -2.74. The summed E-state index contributed by atoms with van der Waals surface area (Å²) in [5, 5.41) is 7.55. The summed E-state index contributed by atoms with van der Waals surface area (Å²) in [5.74, 6) is -0.442. The fourth-order valence-corrected chi connectivity index (χ4v) is 4.19. The Kier molecular flexibility index (Phi) is 5.36. The number of aromatic nitrogens is 2. The van der Waals surface area contributed by atoms with Crippen molar-refractivity contribution in [3.8, 4) is 0 Å². The van der Waals surface area contributed by atoms with Crippen LogP contribution in [0, 0.1) is 18.7 Å². The van der Waals surface area contributed by atoms with Crippen molar-refractivity contribution >= 4 is 11.8 Å². The van der Waals surface area contributed by atoms with Crippen molar-refractivity contribution in [3.05, 3.63) is 53.1 Å². The molecule has 8 heteroatoms. The fraction of sp³-hybridized carbons (Fsp3) is 0.476. The lowest BCUT2D eigenvalue weighted by Gasteiger charge is -2.36. The second kappa shape index (κ2) is 7.94. The monoisotopic (exact) mass is 399 g/mol. The highest BCUT2D eigenvalue weighted by atomic mass is 19.1. The molecule has 2 amide bonds. The summed E-state index contributed by atoms with van der Waals surface area (Å²) < 4.78 is 15.5. The second-order valence-corrected chi connectivity index (χ2v) is 7.90. The van der Waals surface area contributed by atoms with Crippen LogP contribution in [-0.2, 0) is 11.8 Å². The van der Waals surface area contributed by atoms with Crippen LogP contribution in [0.1, 0.15) is 27.4 Å². The molecule has 0 spiro atoms. The smallest absolute Gasteiger partial charge is 0.254 e. The number of aryl methyl sites for hydroxylation is 2. The molecule has 2 atom stereocenters. The molecule has 2 aliphatic rings. The highest BCUT2D eigenvalue weighted by Crippen LogP contribution is 2.29. The predicted molar refractivity (Wildman–Crippen MR) is 106 cm³/mol. The molecule has 0 unspecified atom stereocenters. The van der Waals surface area contributed by atoms with Crippen LogP contribution in [0.4, 0.5) is 4.39 Å². The van der Waals surface area contributed by atoms with E-state index in [4.69, 9.17) is 0 Å². The van der Waals surface area contributed by atoms with Gasteiger partial charge < -0.3 is 15.1 Å². The molecule has 0 aliphatic carbocycles. The summed E-state index contributed by atoms with van der Waals surface area (Å²) in [5.41, 5.74) is 1.95. The highest BCUT2D eigenvalue weighted by molar-refractivity contribution is 5.94. The van der Waals surface area contributed by atoms with E-state index in [-0.39, 0.29) is 29.5 Å². The SMILES string of the molecule is Cc1ccc(C(=O)N2CCN(C(=O)[C@H]3CNC[C@@H]3c3cnn(C)c3)CC2)cc1F. The van der Waals surface area contributed by atoms with E-state index in [0.717, 1.165) is 12.1 Å². The molecule has 0 bridgehead atoms. The van der Waals surface area contributed by atoms with Crippen molar-refractivity contribution in [1.82, 2.24) is 24.9 Å². The molecule has 0 saturated carbocycles. The van der Waals surface area contributed by atoms with Gasteiger partial charge in [-0.2, -0.15) is 5.10 Å². The summed E-state index contributed by atoms with van der Waals surface area (Å²) in [6.07, 6.45) is 3.80. The minimum Gasteiger partial charge on any atom is -0.339 e. The van der Waals surface area contributed by atoms with Crippen molar-refractivity contribution in [2.75, 3.05) is 39.3 Å². The number of carbonyl (C=O) groups is 2. The number of amides is 2. The van der Waals surface area contributed by atoms with E-state index in [1.54, 1.807) is 28.6 Å². The molecular weight excluding hydrogens is 373 g/mol. The Bertz CT molecular complexity index is 920. The number of carbonyl (C=O) groups excluding carboxylic acids is 2. The first-order chi connectivity index (χ1) is 13.9. The van der Waals surface area contributed by atoms with Gasteiger partial charge in [0.2, 0.25) is 5.91 Å². The molecule has 1 aromatic heterocycles. The number of rotatable bonds is 3. The van der Waals surface area contributed by atoms with Crippen LogP contribution in [-0.4, -0.2) is 70.7 Å². The van der Waals surface area contributed by atoms with Gasteiger partial charge in [-0.05, 0) is 30.2 Å². The molecule has 2 aliphatic heterocycles. The molecule has 1 aromatic carbocycles. The molecule has 2 aromatic rings. The third-order valence-corrected chi connectivity index (χ3v) is 5.98. The van der Waals surface area contributed by atoms with Crippen molar-refractivity contribution in [2.45, 2.75) is 12.8 Å². The van der Waals surface area contributed by atoms with E-state index in [9.17, 15) is 14.0 Å². The summed E-state index contributed by atoms with van der Waals surface area (Å²) in [6, 6.07) is 4.56. The lowest BCUT2D eigenvalue weighted by atomic mass is 9.89. The van der Waals surface area contributed by atoms with E-state index < -0.39 is 0 Å². The number of hydrogen-bond acceptors (Lipinski definition) is 4. The van der Waals surface area contributed by atoms with E-state index in [1.165, 1.54) is 6.07 Å². The summed E-state index contributed by atoms with van der Waals surface area (Å²) in [6.45, 7) is 4.99. The molecule has 4 rings (SSSR count). The van der Waals surface area contributed by atoms with Crippen LogP contribution in [0.3, 0.4) is 0 Å². The molecule has 2 fully saturated rings. The van der Waals surface area contributed by atoms with E-state index in [1.807, 2.05) is 24.3 Å². The first-order valence-corrected chi connectivity index (χ1v) is 9.97. The Morgan fingerprint density at radius 2 is 1.86 bits per heavy atom. The van der Waals surface area contributed by atoms with Crippen LogP contribution in [0.25, 0.3) is 0 Å². The van der Waals surface area contributed by atoms with Crippen molar-refractivity contribution in [3.63, 3.8) is 0 Å². The van der Waals surface area contributed by atoms with Gasteiger partial charge in [0.05, 0.1) is 12.1 Å². The molecule has 1 N–H and O–H groups in total. The maximum Gasteiger partial charge on any atom is 0.254 e. The number of benzene rings is 1. The Morgan fingerprint density at radius 3 is 2.52 bits per heavy atom. The second-order valence-electron chi connectivity index (χ2n) is 7.90. The zero-order chi connectivity index (χ0) is 20.5. The summed E-state index contributed by atoms with van der Waals surface area (Å²) in [4.78, 5) is 29.3. The molecule has 3 heterocycles. The fourth-order valence-electron chi connectivity index (χ4n) is 4.19. The largest absolute Gasteiger partial charge is 0.339 e. The Morgan fingerprint density at radius 1 is 1.14 bits per heavy atom. The van der Waals surface area contributed by atoms with Gasteiger partial charge >= 0.3 is 0 Å². The topological polar surface area (TPSA) is 70.5 Å². The van der Waals surface area contributed by atoms with E-state index in [0.29, 0.717) is 43.9 Å². The van der Waals surface area contributed by atoms with Crippen LogP contribution in [0.2, 0.25) is 0 Å². The Labute approximate surface area is 169 Å². The summed E-state index contributed by atoms with van der Waals surface area (Å²) >= 11 is 0. The van der Waals surface area contributed by atoms with Crippen molar-refractivity contribution < 1.29 is 14.0 Å². The van der Waals surface area contributed by atoms with Crippen molar-refractivity contribution in [1.29, 1.82) is 0 Å². The van der Waals surface area contributed by atoms with Crippen LogP contribution >= 0.6 is 0 Å². The van der Waals surface area contributed by atoms with Gasteiger partial charge in [-0.15, -0.1) is 0 Å². The molecule has 0 radical (unpaired) electrons. The van der Waals surface area contributed by atoms with Crippen LogP contribution < -0.4 is 5.32 Å². The number of halogens is 1. The van der Waals surface area contributed by atoms with Crippen LogP contribution in [0.15, 0.2) is 30.6 Å². The van der Waals surface area contributed by atoms with Gasteiger partial charge in [-0.1, -0.05) is 6.07 Å². The lowest BCUT2D eigenvalue weighted by molar-refractivity contribution is -0.136. The average Bonchev–Trinajstić information content (AvgIpc) is 3.38. The maximum atomic E-state index is 13.8. The minimum absolute atomic E-state index is 0.117. The zero-order valence-electron chi connectivity index (χ0n) is 16.8. The molecule has 154 valence electrons. The van der Waals surface area contributed by atoms with Gasteiger partial charge in [-0.25, -0.2) is 4.39 Å². The first kappa shape index (κ1) is 19.6. The normalized spacial score (nSPS) is 22.2. The standard InChI is InChI=1S/C21H26FN5O2/c1-14-3-4-15(9-19(14)22)20(28)26-5-7-27(8-6-26)21(29)18-12-23-11-17(18)16-10-24-25(2)13-16/h3-4,9-10,13,17-18,23H,5-8,11-12H2,1-2H3/t17-,18+/m1/s1. The third-order valence-electron chi connectivity index (χ3n) is 5.98. The van der Waals surface area contributed by atoms with E-state index >= 15 is 0 Å². The molecule has 29 heavy (non-hydrogen) atoms. The van der Waals surface area contributed by atoms with Gasteiger partial charge in [0.15, 0.2) is 0 Å². The number of piperazine rings is 1. The van der Waals surface area contributed by atoms with Crippen molar-refractivity contribution in [2.24, 2.45) is 13.0 Å². The van der Waals surface area contributed by atoms with Gasteiger partial charge in [0.1, 0.15) is 5.82 Å². The average molecular weight is 399 g/mol. The Balaban J connectivity index is 1.38. The van der Waals surface area contributed by atoms with Gasteiger partial charge in [-0.3, -0.25) is 14.3 Å².